The van der Waals surface area contributed by atoms with Gasteiger partial charge in [0.25, 0.3) is 0 Å². The molecule has 2 rings (SSSR count). The summed E-state index contributed by atoms with van der Waals surface area (Å²) in [6, 6.07) is 18.2. The van der Waals surface area contributed by atoms with E-state index in [0.29, 0.717) is 6.42 Å². The molecular weight excluding hydrogens is 244 g/mol. The molecule has 92 valence electrons. The SMILES string of the molecule is Cc1ccc(C(CC(=O)Cl)c2ccccc2)cc1. The maximum absolute atomic E-state index is 11.2. The lowest BCUT2D eigenvalue weighted by atomic mass is 9.88. The summed E-state index contributed by atoms with van der Waals surface area (Å²) in [5.41, 5.74) is 3.46. The molecular formula is C16H15ClO. The first-order chi connectivity index (χ1) is 8.66. The van der Waals surface area contributed by atoms with Gasteiger partial charge in [0.15, 0.2) is 0 Å². The number of carbonyl (C=O) groups excluding carboxylic acids is 1. The van der Waals surface area contributed by atoms with Crippen LogP contribution >= 0.6 is 11.6 Å². The summed E-state index contributed by atoms with van der Waals surface area (Å²) in [6.45, 7) is 2.05. The Kier molecular flexibility index (Phi) is 4.16. The van der Waals surface area contributed by atoms with Crippen molar-refractivity contribution in [3.8, 4) is 0 Å². The van der Waals surface area contributed by atoms with E-state index in [1.165, 1.54) is 5.56 Å². The molecule has 0 amide bonds. The van der Waals surface area contributed by atoms with Crippen LogP contribution in [0.15, 0.2) is 54.6 Å². The molecule has 2 heteroatoms. The average molecular weight is 259 g/mol. The van der Waals surface area contributed by atoms with Gasteiger partial charge in [0, 0.05) is 12.3 Å². The Morgan fingerprint density at radius 3 is 2.11 bits per heavy atom. The second-order valence-electron chi connectivity index (χ2n) is 4.43. The zero-order chi connectivity index (χ0) is 13.0. The number of hydrogen-bond donors (Lipinski definition) is 0. The van der Waals surface area contributed by atoms with Crippen molar-refractivity contribution in [2.45, 2.75) is 19.3 Å². The first-order valence-electron chi connectivity index (χ1n) is 5.96. The number of rotatable bonds is 4. The molecule has 18 heavy (non-hydrogen) atoms. The Morgan fingerprint density at radius 1 is 1.00 bits per heavy atom. The van der Waals surface area contributed by atoms with E-state index in [-0.39, 0.29) is 11.2 Å². The molecule has 2 aromatic rings. The van der Waals surface area contributed by atoms with Gasteiger partial charge in [-0.1, -0.05) is 60.2 Å². The molecule has 0 spiro atoms. The lowest BCUT2D eigenvalue weighted by Crippen LogP contribution is -2.04. The van der Waals surface area contributed by atoms with Crippen LogP contribution in [0.2, 0.25) is 0 Å². The van der Waals surface area contributed by atoms with Crippen LogP contribution < -0.4 is 0 Å². The Bertz CT molecular complexity index is 517. The first-order valence-corrected chi connectivity index (χ1v) is 6.34. The number of hydrogen-bond acceptors (Lipinski definition) is 1. The highest BCUT2D eigenvalue weighted by atomic mass is 35.5. The van der Waals surface area contributed by atoms with Gasteiger partial charge in [0.2, 0.25) is 5.24 Å². The lowest BCUT2D eigenvalue weighted by Gasteiger charge is -2.16. The van der Waals surface area contributed by atoms with E-state index in [2.05, 4.69) is 24.3 Å². The van der Waals surface area contributed by atoms with Crippen molar-refractivity contribution < 1.29 is 4.79 Å². The molecule has 0 fully saturated rings. The van der Waals surface area contributed by atoms with Crippen molar-refractivity contribution in [1.82, 2.24) is 0 Å². The largest absolute Gasteiger partial charge is 0.281 e. The maximum atomic E-state index is 11.2. The van der Waals surface area contributed by atoms with Crippen LogP contribution in [-0.4, -0.2) is 5.24 Å². The highest BCUT2D eigenvalue weighted by molar-refractivity contribution is 6.63. The summed E-state index contributed by atoms with van der Waals surface area (Å²) in [6.07, 6.45) is 0.328. The van der Waals surface area contributed by atoms with Crippen molar-refractivity contribution in [3.05, 3.63) is 71.3 Å². The molecule has 0 aliphatic rings. The second-order valence-corrected chi connectivity index (χ2v) is 4.85. The normalized spacial score (nSPS) is 12.1. The number of halogens is 1. The molecule has 1 atom stereocenters. The fourth-order valence-electron chi connectivity index (χ4n) is 2.07. The van der Waals surface area contributed by atoms with Crippen molar-refractivity contribution in [3.63, 3.8) is 0 Å². The molecule has 1 nitrogen and oxygen atoms in total. The van der Waals surface area contributed by atoms with E-state index >= 15 is 0 Å². The van der Waals surface area contributed by atoms with Crippen LogP contribution in [0.25, 0.3) is 0 Å². The maximum Gasteiger partial charge on any atom is 0.222 e. The zero-order valence-electron chi connectivity index (χ0n) is 10.3. The Balaban J connectivity index is 2.36. The van der Waals surface area contributed by atoms with E-state index in [1.807, 2.05) is 37.3 Å². The van der Waals surface area contributed by atoms with Crippen LogP contribution in [0.1, 0.15) is 29.0 Å². The molecule has 0 radical (unpaired) electrons. The third-order valence-corrected chi connectivity index (χ3v) is 3.20. The Hall–Kier alpha value is -1.60. The van der Waals surface area contributed by atoms with Gasteiger partial charge in [0.1, 0.15) is 0 Å². The molecule has 0 aliphatic heterocycles. The van der Waals surface area contributed by atoms with Gasteiger partial charge in [-0.2, -0.15) is 0 Å². The summed E-state index contributed by atoms with van der Waals surface area (Å²) in [5, 5.41) is -0.301. The van der Waals surface area contributed by atoms with Gasteiger partial charge < -0.3 is 0 Å². The fourth-order valence-corrected chi connectivity index (χ4v) is 2.23. The fraction of sp³-hybridized carbons (Fsp3) is 0.188. The highest BCUT2D eigenvalue weighted by Gasteiger charge is 2.16. The molecule has 0 aromatic heterocycles. The topological polar surface area (TPSA) is 17.1 Å². The summed E-state index contributed by atoms with van der Waals surface area (Å²) in [5.74, 6) is 0.0387. The van der Waals surface area contributed by atoms with Crippen LogP contribution in [0.4, 0.5) is 0 Å². The van der Waals surface area contributed by atoms with E-state index in [0.717, 1.165) is 11.1 Å². The minimum atomic E-state index is -0.301. The van der Waals surface area contributed by atoms with Gasteiger partial charge in [0.05, 0.1) is 0 Å². The highest BCUT2D eigenvalue weighted by Crippen LogP contribution is 2.28. The summed E-state index contributed by atoms with van der Waals surface area (Å²) in [4.78, 5) is 11.2. The minimum Gasteiger partial charge on any atom is -0.281 e. The standard InChI is InChI=1S/C16H15ClO/c1-12-7-9-14(10-8-12)15(11-16(17)18)13-5-3-2-4-6-13/h2-10,15H,11H2,1H3. The molecule has 0 bridgehead atoms. The van der Waals surface area contributed by atoms with Crippen molar-refractivity contribution in [2.75, 3.05) is 0 Å². The molecule has 0 saturated heterocycles. The van der Waals surface area contributed by atoms with Gasteiger partial charge in [-0.05, 0) is 29.7 Å². The predicted molar refractivity (Wildman–Crippen MR) is 74.9 cm³/mol. The van der Waals surface area contributed by atoms with Gasteiger partial charge in [-0.15, -0.1) is 0 Å². The van der Waals surface area contributed by atoms with Crippen molar-refractivity contribution in [1.29, 1.82) is 0 Å². The monoisotopic (exact) mass is 258 g/mol. The smallest absolute Gasteiger partial charge is 0.222 e. The number of benzene rings is 2. The summed E-state index contributed by atoms with van der Waals surface area (Å²) < 4.78 is 0. The van der Waals surface area contributed by atoms with Crippen molar-refractivity contribution >= 4 is 16.8 Å². The Morgan fingerprint density at radius 2 is 1.56 bits per heavy atom. The molecule has 0 heterocycles. The molecule has 0 N–H and O–H groups in total. The average Bonchev–Trinajstić information content (AvgIpc) is 2.38. The summed E-state index contributed by atoms with van der Waals surface area (Å²) >= 11 is 5.56. The van der Waals surface area contributed by atoms with Crippen LogP contribution in [0, 0.1) is 6.92 Å². The lowest BCUT2D eigenvalue weighted by molar-refractivity contribution is -0.111. The predicted octanol–water partition coefficient (Wildman–Crippen LogP) is 4.28. The van der Waals surface area contributed by atoms with Crippen LogP contribution in [0.3, 0.4) is 0 Å². The van der Waals surface area contributed by atoms with E-state index in [4.69, 9.17) is 11.6 Å². The molecule has 0 aliphatic carbocycles. The quantitative estimate of drug-likeness (QED) is 0.748. The summed E-state index contributed by atoms with van der Waals surface area (Å²) in [7, 11) is 0. The van der Waals surface area contributed by atoms with E-state index in [1.54, 1.807) is 0 Å². The van der Waals surface area contributed by atoms with Crippen LogP contribution in [-0.2, 0) is 4.79 Å². The molecule has 1 unspecified atom stereocenters. The number of aryl methyl sites for hydroxylation is 1. The van der Waals surface area contributed by atoms with Gasteiger partial charge in [-0.3, -0.25) is 4.79 Å². The van der Waals surface area contributed by atoms with Crippen molar-refractivity contribution in [2.24, 2.45) is 0 Å². The molecule has 2 aromatic carbocycles. The molecule has 0 saturated carbocycles. The Labute approximate surface area is 112 Å². The van der Waals surface area contributed by atoms with Gasteiger partial charge >= 0.3 is 0 Å². The van der Waals surface area contributed by atoms with Crippen LogP contribution in [0.5, 0.6) is 0 Å². The second kappa shape index (κ2) is 5.83. The van der Waals surface area contributed by atoms with E-state index in [9.17, 15) is 4.79 Å². The first kappa shape index (κ1) is 12.8. The van der Waals surface area contributed by atoms with Gasteiger partial charge in [-0.25, -0.2) is 0 Å². The number of carbonyl (C=O) groups is 1. The zero-order valence-corrected chi connectivity index (χ0v) is 11.0. The minimum absolute atomic E-state index is 0.0387. The van der Waals surface area contributed by atoms with E-state index < -0.39 is 0 Å². The third kappa shape index (κ3) is 3.21. The third-order valence-electron chi connectivity index (χ3n) is 3.05.